The van der Waals surface area contributed by atoms with Crippen LogP contribution in [0.5, 0.6) is 11.5 Å². The number of nitrogens with two attached hydrogens (primary N) is 1. The predicted octanol–water partition coefficient (Wildman–Crippen LogP) is 4.07. The molecule has 4 rings (SSSR count). The smallest absolute Gasteiger partial charge is 0.248 e. The highest BCUT2D eigenvalue weighted by molar-refractivity contribution is 5.99. The average molecular weight is 420 g/mol. The van der Waals surface area contributed by atoms with Gasteiger partial charge in [-0.05, 0) is 49.7 Å². The lowest BCUT2D eigenvalue weighted by Gasteiger charge is -2.23. The highest BCUT2D eigenvalue weighted by Gasteiger charge is 2.25. The van der Waals surface area contributed by atoms with Crippen LogP contribution < -0.4 is 15.2 Å². The molecule has 1 aliphatic rings. The molecule has 1 aliphatic heterocycles. The van der Waals surface area contributed by atoms with Gasteiger partial charge in [-0.3, -0.25) is 14.6 Å². The van der Waals surface area contributed by atoms with Crippen molar-refractivity contribution in [1.29, 1.82) is 0 Å². The zero-order chi connectivity index (χ0) is 22.1. The second-order valence-electron chi connectivity index (χ2n) is 7.47. The number of halogens is 1. The van der Waals surface area contributed by atoms with E-state index in [0.717, 1.165) is 23.0 Å². The fraction of sp³-hybridized carbons (Fsp3) is 0.208. The van der Waals surface area contributed by atoms with Crippen LogP contribution in [0.1, 0.15) is 55.8 Å². The maximum Gasteiger partial charge on any atom is 0.248 e. The van der Waals surface area contributed by atoms with Gasteiger partial charge < -0.3 is 15.2 Å². The molecule has 0 bridgehead atoms. The van der Waals surface area contributed by atoms with Crippen molar-refractivity contribution in [3.05, 3.63) is 88.0 Å². The van der Waals surface area contributed by atoms with E-state index in [0.29, 0.717) is 16.9 Å². The summed E-state index contributed by atoms with van der Waals surface area (Å²) in [6.07, 6.45) is -0.467. The van der Waals surface area contributed by atoms with Crippen LogP contribution in [0.3, 0.4) is 0 Å². The number of amides is 1. The first kappa shape index (κ1) is 20.5. The molecule has 1 atom stereocenters. The number of carbonyl (C=O) groups is 2. The van der Waals surface area contributed by atoms with Crippen LogP contribution >= 0.6 is 0 Å². The first-order chi connectivity index (χ1) is 14.8. The zero-order valence-electron chi connectivity index (χ0n) is 17.1. The summed E-state index contributed by atoms with van der Waals surface area (Å²) in [4.78, 5) is 27.9. The number of hydrogen-bond donors (Lipinski definition) is 1. The minimum Gasteiger partial charge on any atom is -0.492 e. The Morgan fingerprint density at radius 3 is 2.42 bits per heavy atom. The summed E-state index contributed by atoms with van der Waals surface area (Å²) >= 11 is 0. The zero-order valence-corrected chi connectivity index (χ0v) is 17.1. The number of primary amides is 1. The van der Waals surface area contributed by atoms with Gasteiger partial charge in [-0.1, -0.05) is 12.1 Å². The van der Waals surface area contributed by atoms with Crippen LogP contribution in [-0.4, -0.2) is 23.3 Å². The van der Waals surface area contributed by atoms with Crippen molar-refractivity contribution in [3.63, 3.8) is 0 Å². The van der Waals surface area contributed by atoms with E-state index < -0.39 is 17.8 Å². The Morgan fingerprint density at radius 2 is 1.77 bits per heavy atom. The van der Waals surface area contributed by atoms with Gasteiger partial charge in [-0.15, -0.1) is 0 Å². The number of Topliss-reactive ketones (excluding diaryl/α,β-unsaturated/α-hetero) is 1. The van der Waals surface area contributed by atoms with Crippen LogP contribution in [0.15, 0.2) is 48.5 Å². The van der Waals surface area contributed by atoms with Crippen LogP contribution in [0.25, 0.3) is 0 Å². The Morgan fingerprint density at radius 1 is 1.10 bits per heavy atom. The summed E-state index contributed by atoms with van der Waals surface area (Å²) < 4.78 is 26.5. The van der Waals surface area contributed by atoms with Gasteiger partial charge in [-0.25, -0.2) is 4.39 Å². The van der Waals surface area contributed by atoms with Crippen LogP contribution in [-0.2, 0) is 0 Å². The summed E-state index contributed by atoms with van der Waals surface area (Å²) in [6, 6.07) is 12.9. The molecule has 0 unspecified atom stereocenters. The van der Waals surface area contributed by atoms with E-state index in [1.807, 2.05) is 26.0 Å². The lowest BCUT2D eigenvalue weighted by Crippen LogP contribution is -2.17. The van der Waals surface area contributed by atoms with Gasteiger partial charge in [0.2, 0.25) is 5.91 Å². The molecule has 6 nitrogen and oxygen atoms in total. The van der Waals surface area contributed by atoms with Gasteiger partial charge in [0.1, 0.15) is 11.9 Å². The van der Waals surface area contributed by atoms with E-state index in [1.165, 1.54) is 6.07 Å². The molecule has 3 aromatic rings. The molecule has 0 saturated carbocycles. The summed E-state index contributed by atoms with van der Waals surface area (Å²) in [5.41, 5.74) is 8.96. The Hall–Kier alpha value is -3.74. The van der Waals surface area contributed by atoms with Gasteiger partial charge in [0.25, 0.3) is 0 Å². The van der Waals surface area contributed by atoms with Crippen molar-refractivity contribution in [3.8, 4) is 11.5 Å². The number of hydrogen-bond acceptors (Lipinski definition) is 5. The number of rotatable bonds is 5. The highest BCUT2D eigenvalue weighted by Crippen LogP contribution is 2.36. The first-order valence-electron chi connectivity index (χ1n) is 9.83. The predicted molar refractivity (Wildman–Crippen MR) is 112 cm³/mol. The van der Waals surface area contributed by atoms with Crippen molar-refractivity contribution in [2.45, 2.75) is 26.4 Å². The fourth-order valence-corrected chi connectivity index (χ4v) is 3.65. The minimum absolute atomic E-state index is 0.0375. The maximum absolute atomic E-state index is 14.9. The van der Waals surface area contributed by atoms with E-state index in [2.05, 4.69) is 4.98 Å². The number of aromatic nitrogens is 1. The molecule has 1 amide bonds. The second-order valence-corrected chi connectivity index (χ2v) is 7.47. The number of aryl methyl sites for hydroxylation is 2. The molecule has 158 valence electrons. The highest BCUT2D eigenvalue weighted by atomic mass is 19.1. The summed E-state index contributed by atoms with van der Waals surface area (Å²) in [6.45, 7) is 3.98. The number of ether oxygens (including phenoxy) is 2. The molecule has 0 aliphatic carbocycles. The molecule has 31 heavy (non-hydrogen) atoms. The fourth-order valence-electron chi connectivity index (χ4n) is 3.65. The van der Waals surface area contributed by atoms with Crippen LogP contribution in [0.4, 0.5) is 4.39 Å². The molecular weight excluding hydrogens is 399 g/mol. The van der Waals surface area contributed by atoms with E-state index in [1.54, 1.807) is 24.3 Å². The SMILES string of the molecule is Cc1cc([C@@H](Oc2cc3c(cc2F)C(=O)CCO3)c2ccc(C(N)=O)cc2)cc(C)n1. The molecule has 0 fully saturated rings. The number of carbonyl (C=O) groups excluding carboxylic acids is 2. The Labute approximate surface area is 178 Å². The van der Waals surface area contributed by atoms with Crippen LogP contribution in [0.2, 0.25) is 0 Å². The standard InChI is InChI=1S/C24H21FN2O4/c1-13-9-17(10-14(2)27-13)23(15-3-5-16(6-4-15)24(26)29)31-22-12-21-18(11-19(22)25)20(28)7-8-30-21/h3-6,9-12,23H,7-8H2,1-2H3,(H2,26,29)/t23-/m0/s1. The summed E-state index contributed by atoms with van der Waals surface area (Å²) in [5.74, 6) is -1.09. The van der Waals surface area contributed by atoms with Gasteiger partial charge in [-0.2, -0.15) is 0 Å². The quantitative estimate of drug-likeness (QED) is 0.672. The third kappa shape index (κ3) is 4.26. The van der Waals surface area contributed by atoms with Crippen molar-refractivity contribution in [2.24, 2.45) is 5.73 Å². The van der Waals surface area contributed by atoms with E-state index in [-0.39, 0.29) is 30.1 Å². The minimum atomic E-state index is -0.686. The average Bonchev–Trinajstić information content (AvgIpc) is 2.72. The molecule has 0 spiro atoms. The van der Waals surface area contributed by atoms with Gasteiger partial charge in [0.05, 0.1) is 12.2 Å². The molecule has 2 aromatic carbocycles. The van der Waals surface area contributed by atoms with Gasteiger partial charge in [0, 0.05) is 35.0 Å². The summed E-state index contributed by atoms with van der Waals surface area (Å²) in [5, 5.41) is 0. The molecule has 1 aromatic heterocycles. The number of ketones is 1. The third-order valence-corrected chi connectivity index (χ3v) is 5.07. The molecule has 0 radical (unpaired) electrons. The normalized spacial score (nSPS) is 13.8. The monoisotopic (exact) mass is 420 g/mol. The van der Waals surface area contributed by atoms with Crippen molar-refractivity contribution >= 4 is 11.7 Å². The molecule has 2 N–H and O–H groups in total. The van der Waals surface area contributed by atoms with Gasteiger partial charge in [0.15, 0.2) is 17.3 Å². The van der Waals surface area contributed by atoms with Crippen molar-refractivity contribution in [1.82, 2.24) is 4.98 Å². The number of fused-ring (bicyclic) bond motifs is 1. The van der Waals surface area contributed by atoms with Crippen molar-refractivity contribution in [2.75, 3.05) is 6.61 Å². The molecule has 0 saturated heterocycles. The van der Waals surface area contributed by atoms with E-state index in [9.17, 15) is 14.0 Å². The first-order valence-corrected chi connectivity index (χ1v) is 9.83. The largest absolute Gasteiger partial charge is 0.492 e. The number of pyridine rings is 1. The van der Waals surface area contributed by atoms with E-state index >= 15 is 0 Å². The molecule has 2 heterocycles. The van der Waals surface area contributed by atoms with Crippen LogP contribution in [0, 0.1) is 19.7 Å². The Kier molecular flexibility index (Phi) is 5.42. The topological polar surface area (TPSA) is 91.5 Å². The van der Waals surface area contributed by atoms with Crippen molar-refractivity contribution < 1.29 is 23.5 Å². The number of benzene rings is 2. The Bertz CT molecular complexity index is 1150. The number of nitrogens with zero attached hydrogens (tertiary/aromatic N) is 1. The molecule has 7 heteroatoms. The maximum atomic E-state index is 14.9. The lowest BCUT2D eigenvalue weighted by atomic mass is 9.99. The second kappa shape index (κ2) is 8.18. The molecular formula is C24H21FN2O4. The third-order valence-electron chi connectivity index (χ3n) is 5.07. The Balaban J connectivity index is 1.78. The summed E-state index contributed by atoms with van der Waals surface area (Å²) in [7, 11) is 0. The van der Waals surface area contributed by atoms with E-state index in [4.69, 9.17) is 15.2 Å². The van der Waals surface area contributed by atoms with Gasteiger partial charge >= 0.3 is 0 Å². The lowest BCUT2D eigenvalue weighted by molar-refractivity contribution is 0.0931.